The van der Waals surface area contributed by atoms with E-state index in [1.165, 1.54) is 6.07 Å². The van der Waals surface area contributed by atoms with Crippen LogP contribution in [0.15, 0.2) is 12.1 Å². The molecule has 0 saturated carbocycles. The lowest BCUT2D eigenvalue weighted by Gasteiger charge is -2.20. The Bertz CT molecular complexity index is 643. The molecule has 1 N–H and O–H groups in total. The van der Waals surface area contributed by atoms with E-state index in [0.29, 0.717) is 5.69 Å². The summed E-state index contributed by atoms with van der Waals surface area (Å²) in [5, 5.41) is 3.15. The molecule has 0 atom stereocenters. The van der Waals surface area contributed by atoms with Crippen LogP contribution in [0.2, 0.25) is 0 Å². The lowest BCUT2D eigenvalue weighted by Crippen LogP contribution is -2.15. The van der Waals surface area contributed by atoms with Crippen molar-refractivity contribution in [3.05, 3.63) is 35.0 Å². The van der Waals surface area contributed by atoms with Gasteiger partial charge in [0.1, 0.15) is 17.2 Å². The van der Waals surface area contributed by atoms with Crippen molar-refractivity contribution in [1.82, 2.24) is 4.98 Å². The van der Waals surface area contributed by atoms with E-state index in [9.17, 15) is 8.78 Å². The summed E-state index contributed by atoms with van der Waals surface area (Å²) in [4.78, 5) is 4.30. The van der Waals surface area contributed by atoms with Crippen LogP contribution >= 0.6 is 0 Å². The number of pyridine rings is 1. The van der Waals surface area contributed by atoms with Crippen molar-refractivity contribution in [3.8, 4) is 0 Å². The van der Waals surface area contributed by atoms with Gasteiger partial charge >= 0.3 is 0 Å². The molecule has 102 valence electrons. The average Bonchev–Trinajstić information content (AvgIpc) is 2.33. The molecule has 0 radical (unpaired) electrons. The van der Waals surface area contributed by atoms with Gasteiger partial charge < -0.3 is 5.32 Å². The van der Waals surface area contributed by atoms with E-state index in [1.54, 1.807) is 20.0 Å². The molecule has 0 fully saturated rings. The molecule has 0 aliphatic heterocycles. The van der Waals surface area contributed by atoms with Crippen LogP contribution in [0.3, 0.4) is 0 Å². The molecule has 2 nitrogen and oxygen atoms in total. The Labute approximate surface area is 111 Å². The molecule has 0 aliphatic rings. The largest absolute Gasteiger partial charge is 0.387 e. The third-order valence-electron chi connectivity index (χ3n) is 3.19. The summed E-state index contributed by atoms with van der Waals surface area (Å²) in [6.45, 7) is 7.52. The van der Waals surface area contributed by atoms with Crippen molar-refractivity contribution < 1.29 is 8.78 Å². The highest BCUT2D eigenvalue weighted by Crippen LogP contribution is 2.33. The second-order valence-electron chi connectivity index (χ2n) is 5.77. The molecule has 1 aromatic heterocycles. The van der Waals surface area contributed by atoms with Crippen LogP contribution in [0.1, 0.15) is 32.0 Å². The fourth-order valence-corrected chi connectivity index (χ4v) is 2.04. The minimum Gasteiger partial charge on any atom is -0.387 e. The minimum absolute atomic E-state index is 0.0832. The standard InChI is InChI=1S/C15H18F2N2/c1-8-6-9(16)14-12(13(8)17)10(18-5)7-11(19-14)15(2,3)4/h6-7H,1-5H3,(H,18,19). The zero-order valence-corrected chi connectivity index (χ0v) is 11.9. The van der Waals surface area contributed by atoms with Crippen molar-refractivity contribution in [1.29, 1.82) is 0 Å². The van der Waals surface area contributed by atoms with Gasteiger partial charge in [0, 0.05) is 23.8 Å². The van der Waals surface area contributed by atoms with Gasteiger partial charge in [0.15, 0.2) is 0 Å². The van der Waals surface area contributed by atoms with Crippen LogP contribution in [0.4, 0.5) is 14.5 Å². The summed E-state index contributed by atoms with van der Waals surface area (Å²) < 4.78 is 28.3. The molecular formula is C15H18F2N2. The monoisotopic (exact) mass is 264 g/mol. The summed E-state index contributed by atoms with van der Waals surface area (Å²) in [5.41, 5.74) is 1.43. The van der Waals surface area contributed by atoms with Crippen LogP contribution < -0.4 is 5.32 Å². The summed E-state index contributed by atoms with van der Waals surface area (Å²) in [6, 6.07) is 2.97. The van der Waals surface area contributed by atoms with Gasteiger partial charge in [0.25, 0.3) is 0 Å². The number of aromatic nitrogens is 1. The maximum atomic E-state index is 14.2. The molecule has 0 unspecified atom stereocenters. The molecule has 1 heterocycles. The third-order valence-corrected chi connectivity index (χ3v) is 3.19. The minimum atomic E-state index is -0.489. The zero-order valence-electron chi connectivity index (χ0n) is 11.9. The summed E-state index contributed by atoms with van der Waals surface area (Å²) >= 11 is 0. The Morgan fingerprint density at radius 1 is 1.16 bits per heavy atom. The summed E-state index contributed by atoms with van der Waals surface area (Å²) in [6.07, 6.45) is 0. The van der Waals surface area contributed by atoms with Gasteiger partial charge in [-0.25, -0.2) is 13.8 Å². The second-order valence-corrected chi connectivity index (χ2v) is 5.77. The van der Waals surface area contributed by atoms with E-state index in [4.69, 9.17) is 0 Å². The Morgan fingerprint density at radius 2 is 1.79 bits per heavy atom. The number of hydrogen-bond acceptors (Lipinski definition) is 2. The Hall–Kier alpha value is -1.71. The molecule has 0 amide bonds. The smallest absolute Gasteiger partial charge is 0.149 e. The van der Waals surface area contributed by atoms with Gasteiger partial charge in [-0.15, -0.1) is 0 Å². The van der Waals surface area contributed by atoms with Crippen molar-refractivity contribution in [2.24, 2.45) is 0 Å². The van der Waals surface area contributed by atoms with Crippen LogP contribution in [-0.4, -0.2) is 12.0 Å². The van der Waals surface area contributed by atoms with Gasteiger partial charge in [-0.3, -0.25) is 0 Å². The van der Waals surface area contributed by atoms with Crippen LogP contribution in [-0.2, 0) is 5.41 Å². The first-order valence-electron chi connectivity index (χ1n) is 6.23. The molecule has 1 aromatic carbocycles. The first-order valence-corrected chi connectivity index (χ1v) is 6.23. The number of anilines is 1. The fourth-order valence-electron chi connectivity index (χ4n) is 2.04. The number of aryl methyl sites for hydroxylation is 1. The lowest BCUT2D eigenvalue weighted by molar-refractivity contribution is 0.567. The fraction of sp³-hybridized carbons (Fsp3) is 0.400. The molecule has 0 aliphatic carbocycles. The third kappa shape index (κ3) is 2.27. The summed E-state index contributed by atoms with van der Waals surface area (Å²) in [5.74, 6) is -0.912. The van der Waals surface area contributed by atoms with E-state index in [2.05, 4.69) is 10.3 Å². The molecule has 2 rings (SSSR count). The lowest BCUT2D eigenvalue weighted by atomic mass is 9.90. The summed E-state index contributed by atoms with van der Waals surface area (Å²) in [7, 11) is 1.70. The average molecular weight is 264 g/mol. The SMILES string of the molecule is CNc1cc(C(C)(C)C)nc2c(F)cc(C)c(F)c12. The number of fused-ring (bicyclic) bond motifs is 1. The van der Waals surface area contributed by atoms with E-state index < -0.39 is 11.6 Å². The molecule has 2 aromatic rings. The Balaban J connectivity index is 2.93. The number of nitrogens with zero attached hydrogens (tertiary/aromatic N) is 1. The predicted octanol–water partition coefficient (Wildman–Crippen LogP) is 4.16. The highest BCUT2D eigenvalue weighted by Gasteiger charge is 2.21. The first-order chi connectivity index (χ1) is 8.75. The van der Waals surface area contributed by atoms with Crippen LogP contribution in [0.25, 0.3) is 10.9 Å². The van der Waals surface area contributed by atoms with Gasteiger partial charge in [-0.2, -0.15) is 0 Å². The normalized spacial score (nSPS) is 11.9. The van der Waals surface area contributed by atoms with Gasteiger partial charge in [-0.1, -0.05) is 20.8 Å². The molecule has 0 spiro atoms. The highest BCUT2D eigenvalue weighted by molar-refractivity contribution is 5.93. The van der Waals surface area contributed by atoms with Gasteiger partial charge in [-0.05, 0) is 24.6 Å². The topological polar surface area (TPSA) is 24.9 Å². The van der Waals surface area contributed by atoms with Crippen LogP contribution in [0.5, 0.6) is 0 Å². The predicted molar refractivity (Wildman–Crippen MR) is 74.6 cm³/mol. The van der Waals surface area contributed by atoms with E-state index in [-0.39, 0.29) is 21.9 Å². The van der Waals surface area contributed by atoms with Crippen LogP contribution in [0, 0.1) is 18.6 Å². The number of halogens is 2. The number of rotatable bonds is 1. The van der Waals surface area contributed by atoms with E-state index in [0.717, 1.165) is 5.69 Å². The molecule has 19 heavy (non-hydrogen) atoms. The van der Waals surface area contributed by atoms with Gasteiger partial charge in [0.05, 0.1) is 5.39 Å². The Morgan fingerprint density at radius 3 is 2.32 bits per heavy atom. The first kappa shape index (κ1) is 13.7. The maximum absolute atomic E-state index is 14.2. The Kier molecular flexibility index (Phi) is 3.20. The van der Waals surface area contributed by atoms with Gasteiger partial charge in [0.2, 0.25) is 0 Å². The number of nitrogens with one attached hydrogen (secondary N) is 1. The quantitative estimate of drug-likeness (QED) is 0.836. The van der Waals surface area contributed by atoms with Crippen molar-refractivity contribution in [3.63, 3.8) is 0 Å². The molecule has 0 bridgehead atoms. The van der Waals surface area contributed by atoms with Crippen molar-refractivity contribution in [2.45, 2.75) is 33.1 Å². The van der Waals surface area contributed by atoms with Crippen molar-refractivity contribution in [2.75, 3.05) is 12.4 Å². The molecular weight excluding hydrogens is 246 g/mol. The molecule has 0 saturated heterocycles. The number of hydrogen-bond donors (Lipinski definition) is 1. The highest BCUT2D eigenvalue weighted by atomic mass is 19.1. The molecule has 4 heteroatoms. The maximum Gasteiger partial charge on any atom is 0.149 e. The van der Waals surface area contributed by atoms with E-state index >= 15 is 0 Å². The van der Waals surface area contributed by atoms with Crippen molar-refractivity contribution >= 4 is 16.6 Å². The number of benzene rings is 1. The second kappa shape index (κ2) is 4.44. The zero-order chi connectivity index (χ0) is 14.4. The van der Waals surface area contributed by atoms with E-state index in [1.807, 2.05) is 20.8 Å².